The van der Waals surface area contributed by atoms with Gasteiger partial charge in [0.1, 0.15) is 5.75 Å². The lowest BCUT2D eigenvalue weighted by Crippen LogP contribution is -2.12. The van der Waals surface area contributed by atoms with Gasteiger partial charge in [-0.2, -0.15) is 0 Å². The molecule has 1 aromatic rings. The number of hydrogen-bond acceptors (Lipinski definition) is 2. The topological polar surface area (TPSA) is 12.5 Å². The molecular formula is C13H21NO. The average Bonchev–Trinajstić information content (AvgIpc) is 2.19. The van der Waals surface area contributed by atoms with E-state index in [0.717, 1.165) is 18.7 Å². The van der Waals surface area contributed by atoms with Crippen molar-refractivity contribution in [3.63, 3.8) is 0 Å². The van der Waals surface area contributed by atoms with Crippen LogP contribution in [0.4, 0.5) is 0 Å². The molecular weight excluding hydrogens is 186 g/mol. The molecule has 2 nitrogen and oxygen atoms in total. The second kappa shape index (κ2) is 5.17. The monoisotopic (exact) mass is 207 g/mol. The van der Waals surface area contributed by atoms with Crippen LogP contribution in [0.25, 0.3) is 0 Å². The number of benzene rings is 1. The Balaban J connectivity index is 3.10. The van der Waals surface area contributed by atoms with Crippen molar-refractivity contribution in [1.82, 2.24) is 4.90 Å². The first kappa shape index (κ1) is 12.1. The van der Waals surface area contributed by atoms with E-state index in [-0.39, 0.29) is 0 Å². The van der Waals surface area contributed by atoms with E-state index in [1.165, 1.54) is 16.7 Å². The molecule has 2 heteroatoms. The van der Waals surface area contributed by atoms with Gasteiger partial charge in [0.15, 0.2) is 0 Å². The van der Waals surface area contributed by atoms with Crippen LogP contribution in [-0.4, -0.2) is 26.1 Å². The summed E-state index contributed by atoms with van der Waals surface area (Å²) in [5, 5.41) is 0. The molecule has 0 atom stereocenters. The fraction of sp³-hybridized carbons (Fsp3) is 0.538. The second-order valence-electron chi connectivity index (χ2n) is 4.18. The summed E-state index contributed by atoms with van der Waals surface area (Å²) in [5.74, 6) is 0.990. The summed E-state index contributed by atoms with van der Waals surface area (Å²) in [6.07, 6.45) is 1.08. The lowest BCUT2D eigenvalue weighted by molar-refractivity contribution is 0.392. The first-order valence-electron chi connectivity index (χ1n) is 5.39. The van der Waals surface area contributed by atoms with Crippen LogP contribution in [-0.2, 0) is 13.0 Å². The molecule has 0 unspecified atom stereocenters. The largest absolute Gasteiger partial charge is 0.496 e. The third kappa shape index (κ3) is 2.96. The molecule has 0 aliphatic rings. The lowest BCUT2D eigenvalue weighted by atomic mass is 10.0. The highest BCUT2D eigenvalue weighted by Crippen LogP contribution is 2.24. The minimum atomic E-state index is 0.972. The number of aryl methyl sites for hydroxylation is 2. The zero-order valence-electron chi connectivity index (χ0n) is 10.4. The average molecular weight is 207 g/mol. The summed E-state index contributed by atoms with van der Waals surface area (Å²) in [4.78, 5) is 2.18. The van der Waals surface area contributed by atoms with E-state index in [2.05, 4.69) is 45.0 Å². The molecule has 0 aliphatic carbocycles. The smallest absolute Gasteiger partial charge is 0.122 e. The predicted octanol–water partition coefficient (Wildman–Crippen LogP) is 2.63. The third-order valence-electron chi connectivity index (χ3n) is 2.58. The summed E-state index contributed by atoms with van der Waals surface area (Å²) >= 11 is 0. The molecule has 0 amide bonds. The second-order valence-corrected chi connectivity index (χ2v) is 4.18. The highest BCUT2D eigenvalue weighted by Gasteiger charge is 2.07. The van der Waals surface area contributed by atoms with Crippen LogP contribution in [0.1, 0.15) is 23.6 Å². The van der Waals surface area contributed by atoms with E-state index in [0.29, 0.717) is 0 Å². The number of hydrogen-bond donors (Lipinski definition) is 0. The molecule has 0 saturated heterocycles. The molecule has 1 rings (SSSR count). The Labute approximate surface area is 92.9 Å². The van der Waals surface area contributed by atoms with E-state index < -0.39 is 0 Å². The van der Waals surface area contributed by atoms with Crippen LogP contribution in [0.2, 0.25) is 0 Å². The van der Waals surface area contributed by atoms with Gasteiger partial charge in [0.05, 0.1) is 7.11 Å². The van der Waals surface area contributed by atoms with Gasteiger partial charge >= 0.3 is 0 Å². The van der Waals surface area contributed by atoms with Gasteiger partial charge in [-0.05, 0) is 50.2 Å². The summed E-state index contributed by atoms with van der Waals surface area (Å²) in [7, 11) is 5.91. The standard InChI is InChI=1S/C13H21NO/c1-6-11-7-10(2)13(15-5)8-12(11)9-14(3)4/h7-8H,6,9H2,1-5H3. The third-order valence-corrected chi connectivity index (χ3v) is 2.58. The highest BCUT2D eigenvalue weighted by atomic mass is 16.5. The fourth-order valence-electron chi connectivity index (χ4n) is 1.83. The Morgan fingerprint density at radius 2 is 1.87 bits per heavy atom. The van der Waals surface area contributed by atoms with E-state index in [1.807, 2.05) is 0 Å². The minimum absolute atomic E-state index is 0.972. The van der Waals surface area contributed by atoms with Gasteiger partial charge in [-0.25, -0.2) is 0 Å². The van der Waals surface area contributed by atoms with Crippen molar-refractivity contribution < 1.29 is 4.74 Å². The molecule has 0 radical (unpaired) electrons. The maximum atomic E-state index is 5.35. The van der Waals surface area contributed by atoms with Crippen LogP contribution < -0.4 is 4.74 Å². The quantitative estimate of drug-likeness (QED) is 0.752. The number of nitrogens with zero attached hydrogens (tertiary/aromatic N) is 1. The van der Waals surface area contributed by atoms with Gasteiger partial charge in [-0.1, -0.05) is 13.0 Å². The first-order chi connectivity index (χ1) is 7.08. The zero-order chi connectivity index (χ0) is 11.4. The molecule has 0 fully saturated rings. The lowest BCUT2D eigenvalue weighted by Gasteiger charge is -2.16. The van der Waals surface area contributed by atoms with Crippen LogP contribution >= 0.6 is 0 Å². The summed E-state index contributed by atoms with van der Waals surface area (Å²) in [6, 6.07) is 4.39. The number of methoxy groups -OCH3 is 1. The summed E-state index contributed by atoms with van der Waals surface area (Å²) < 4.78 is 5.35. The van der Waals surface area contributed by atoms with Gasteiger partial charge in [0.2, 0.25) is 0 Å². The van der Waals surface area contributed by atoms with Gasteiger partial charge in [-0.15, -0.1) is 0 Å². The van der Waals surface area contributed by atoms with Crippen molar-refractivity contribution in [3.8, 4) is 5.75 Å². The van der Waals surface area contributed by atoms with Crippen molar-refractivity contribution in [1.29, 1.82) is 0 Å². The molecule has 0 bridgehead atoms. The van der Waals surface area contributed by atoms with Crippen molar-refractivity contribution in [2.24, 2.45) is 0 Å². The normalized spacial score (nSPS) is 10.8. The van der Waals surface area contributed by atoms with Gasteiger partial charge in [-0.3, -0.25) is 0 Å². The van der Waals surface area contributed by atoms with Gasteiger partial charge in [0, 0.05) is 6.54 Å². The molecule has 0 saturated carbocycles. The molecule has 84 valence electrons. The van der Waals surface area contributed by atoms with Crippen molar-refractivity contribution >= 4 is 0 Å². The number of rotatable bonds is 4. The van der Waals surface area contributed by atoms with E-state index in [1.54, 1.807) is 7.11 Å². The summed E-state index contributed by atoms with van der Waals surface area (Å²) in [5.41, 5.74) is 4.00. The van der Waals surface area contributed by atoms with Crippen molar-refractivity contribution in [3.05, 3.63) is 28.8 Å². The molecule has 0 aliphatic heterocycles. The number of ether oxygens (including phenoxy) is 1. The summed E-state index contributed by atoms with van der Waals surface area (Å²) in [6.45, 7) is 5.26. The molecule has 0 N–H and O–H groups in total. The van der Waals surface area contributed by atoms with Crippen molar-refractivity contribution in [2.75, 3.05) is 21.2 Å². The first-order valence-corrected chi connectivity index (χ1v) is 5.39. The predicted molar refractivity (Wildman–Crippen MR) is 64.5 cm³/mol. The Morgan fingerprint density at radius 1 is 1.20 bits per heavy atom. The van der Waals surface area contributed by atoms with Gasteiger partial charge in [0.25, 0.3) is 0 Å². The fourth-order valence-corrected chi connectivity index (χ4v) is 1.83. The SMILES string of the molecule is CCc1cc(C)c(OC)cc1CN(C)C. The van der Waals surface area contributed by atoms with E-state index >= 15 is 0 Å². The molecule has 0 spiro atoms. The van der Waals surface area contributed by atoms with E-state index in [4.69, 9.17) is 4.74 Å². The highest BCUT2D eigenvalue weighted by molar-refractivity contribution is 5.42. The molecule has 15 heavy (non-hydrogen) atoms. The van der Waals surface area contributed by atoms with Crippen LogP contribution in [0.15, 0.2) is 12.1 Å². The Kier molecular flexibility index (Phi) is 4.15. The molecule has 0 aromatic heterocycles. The molecule has 0 heterocycles. The van der Waals surface area contributed by atoms with Crippen molar-refractivity contribution in [2.45, 2.75) is 26.8 Å². The Morgan fingerprint density at radius 3 is 2.33 bits per heavy atom. The maximum Gasteiger partial charge on any atom is 0.122 e. The van der Waals surface area contributed by atoms with Gasteiger partial charge < -0.3 is 9.64 Å². The van der Waals surface area contributed by atoms with Crippen LogP contribution in [0.5, 0.6) is 5.75 Å². The van der Waals surface area contributed by atoms with Crippen LogP contribution in [0.3, 0.4) is 0 Å². The van der Waals surface area contributed by atoms with E-state index in [9.17, 15) is 0 Å². The Bertz CT molecular complexity index is 332. The maximum absolute atomic E-state index is 5.35. The Hall–Kier alpha value is -1.02. The van der Waals surface area contributed by atoms with Crippen LogP contribution in [0, 0.1) is 6.92 Å². The zero-order valence-corrected chi connectivity index (χ0v) is 10.4. The minimum Gasteiger partial charge on any atom is -0.496 e. The molecule has 1 aromatic carbocycles.